The highest BCUT2D eigenvalue weighted by Gasteiger charge is 2.16. The van der Waals surface area contributed by atoms with E-state index in [0.29, 0.717) is 0 Å². The van der Waals surface area contributed by atoms with E-state index >= 15 is 0 Å². The first-order valence-electron chi connectivity index (χ1n) is 4.12. The van der Waals surface area contributed by atoms with Gasteiger partial charge in [-0.1, -0.05) is 0 Å². The third-order valence-corrected chi connectivity index (χ3v) is 5.05. The fraction of sp³-hybridized carbons (Fsp3) is 0.375. The number of thiophene rings is 1. The zero-order valence-corrected chi connectivity index (χ0v) is 10.5. The number of carbonyl (C=O) groups excluding carboxylic acids is 1. The van der Waals surface area contributed by atoms with Gasteiger partial charge in [-0.2, -0.15) is 0 Å². The zero-order valence-electron chi connectivity index (χ0n) is 8.15. The molecule has 1 heterocycles. The molecule has 84 valence electrons. The van der Waals surface area contributed by atoms with Crippen molar-refractivity contribution < 1.29 is 13.2 Å². The molecule has 0 aliphatic rings. The van der Waals surface area contributed by atoms with Gasteiger partial charge in [0.1, 0.15) is 4.21 Å². The Hall–Kier alpha value is -0.590. The zero-order chi connectivity index (χ0) is 11.6. The van der Waals surface area contributed by atoms with E-state index < -0.39 is 9.05 Å². The molecule has 0 aliphatic carbocycles. The number of carbonyl (C=O) groups is 1. The van der Waals surface area contributed by atoms with E-state index in [2.05, 4.69) is 5.32 Å². The summed E-state index contributed by atoms with van der Waals surface area (Å²) in [6.07, 6.45) is 0. The molecule has 0 spiro atoms. The molecular weight excluding hydrogens is 258 g/mol. The van der Waals surface area contributed by atoms with Gasteiger partial charge in [-0.15, -0.1) is 11.3 Å². The third kappa shape index (κ3) is 3.48. The Kier molecular flexibility index (Phi) is 3.75. The quantitative estimate of drug-likeness (QED) is 0.851. The van der Waals surface area contributed by atoms with Crippen molar-refractivity contribution in [1.29, 1.82) is 0 Å². The Labute approximate surface area is 96.7 Å². The maximum Gasteiger partial charge on any atom is 0.270 e. The summed E-state index contributed by atoms with van der Waals surface area (Å²) in [4.78, 5) is 11.5. The first-order chi connectivity index (χ1) is 6.80. The van der Waals surface area contributed by atoms with Gasteiger partial charge in [0.25, 0.3) is 9.05 Å². The molecule has 15 heavy (non-hydrogen) atoms. The summed E-state index contributed by atoms with van der Waals surface area (Å²) in [6.45, 7) is 3.18. The molecule has 4 nitrogen and oxygen atoms in total. The lowest BCUT2D eigenvalue weighted by molar-refractivity contribution is -0.119. The first kappa shape index (κ1) is 12.5. The molecule has 0 radical (unpaired) electrons. The van der Waals surface area contributed by atoms with Crippen LogP contribution in [-0.4, -0.2) is 14.3 Å². The normalized spacial score (nSPS) is 13.5. The second-order valence-corrected chi connectivity index (χ2v) is 6.92. The fourth-order valence-corrected chi connectivity index (χ4v) is 3.17. The van der Waals surface area contributed by atoms with Gasteiger partial charge < -0.3 is 5.32 Å². The van der Waals surface area contributed by atoms with Crippen LogP contribution in [0.3, 0.4) is 0 Å². The van der Waals surface area contributed by atoms with Gasteiger partial charge in [-0.25, -0.2) is 8.42 Å². The molecule has 1 rings (SSSR count). The fourth-order valence-electron chi connectivity index (χ4n) is 1.07. The Morgan fingerprint density at radius 3 is 2.53 bits per heavy atom. The van der Waals surface area contributed by atoms with Crippen LogP contribution in [0, 0.1) is 0 Å². The maximum absolute atomic E-state index is 11.0. The van der Waals surface area contributed by atoms with Crippen molar-refractivity contribution >= 4 is 37.0 Å². The molecule has 0 aromatic carbocycles. The second-order valence-electron chi connectivity index (χ2n) is 3.02. The van der Waals surface area contributed by atoms with Crippen LogP contribution in [0.5, 0.6) is 0 Å². The molecule has 0 aliphatic heterocycles. The Morgan fingerprint density at radius 1 is 1.53 bits per heavy atom. The van der Waals surface area contributed by atoms with Gasteiger partial charge in [0.2, 0.25) is 5.91 Å². The summed E-state index contributed by atoms with van der Waals surface area (Å²) in [7, 11) is 1.51. The monoisotopic (exact) mass is 267 g/mol. The average Bonchev–Trinajstić information content (AvgIpc) is 2.48. The summed E-state index contributed by atoms with van der Waals surface area (Å²) in [5.74, 6) is -0.161. The molecule has 1 aromatic rings. The van der Waals surface area contributed by atoms with Crippen molar-refractivity contribution in [2.24, 2.45) is 0 Å². The van der Waals surface area contributed by atoms with Crippen LogP contribution in [0.4, 0.5) is 0 Å². The Bertz CT molecular complexity index is 466. The number of hydrogen-bond acceptors (Lipinski definition) is 4. The SMILES string of the molecule is CC(=O)N[C@@H](C)c1ccc(S(=O)(=O)Cl)s1. The van der Waals surface area contributed by atoms with Gasteiger partial charge in [0.05, 0.1) is 6.04 Å². The van der Waals surface area contributed by atoms with E-state index in [1.807, 2.05) is 0 Å². The molecule has 1 N–H and O–H groups in total. The molecule has 0 saturated carbocycles. The lowest BCUT2D eigenvalue weighted by atomic mass is 10.3. The lowest BCUT2D eigenvalue weighted by Gasteiger charge is -2.09. The van der Waals surface area contributed by atoms with Crippen molar-refractivity contribution in [1.82, 2.24) is 5.32 Å². The Morgan fingerprint density at radius 2 is 2.13 bits per heavy atom. The first-order valence-corrected chi connectivity index (χ1v) is 7.25. The van der Waals surface area contributed by atoms with E-state index in [-0.39, 0.29) is 16.2 Å². The Balaban J connectivity index is 2.90. The molecule has 1 atom stereocenters. The van der Waals surface area contributed by atoms with E-state index in [4.69, 9.17) is 10.7 Å². The number of hydrogen-bond donors (Lipinski definition) is 1. The van der Waals surface area contributed by atoms with E-state index in [9.17, 15) is 13.2 Å². The average molecular weight is 268 g/mol. The summed E-state index contributed by atoms with van der Waals surface area (Å²) in [6, 6.07) is 2.86. The minimum Gasteiger partial charge on any atom is -0.349 e. The smallest absolute Gasteiger partial charge is 0.270 e. The van der Waals surface area contributed by atoms with Crippen LogP contribution in [0.25, 0.3) is 0 Å². The standard InChI is InChI=1S/C8H10ClNO3S2/c1-5(10-6(2)11)7-3-4-8(14-7)15(9,12)13/h3-5H,1-2H3,(H,10,11)/t5-/m0/s1. The summed E-state index contributed by atoms with van der Waals surface area (Å²) in [5.41, 5.74) is 0. The number of nitrogens with one attached hydrogen (secondary N) is 1. The van der Waals surface area contributed by atoms with E-state index in [0.717, 1.165) is 16.2 Å². The molecule has 7 heteroatoms. The van der Waals surface area contributed by atoms with Crippen LogP contribution >= 0.6 is 22.0 Å². The van der Waals surface area contributed by atoms with Gasteiger partial charge in [0.15, 0.2) is 0 Å². The van der Waals surface area contributed by atoms with Crippen LogP contribution in [0.1, 0.15) is 24.8 Å². The van der Waals surface area contributed by atoms with E-state index in [1.54, 1.807) is 13.0 Å². The van der Waals surface area contributed by atoms with Gasteiger partial charge in [-0.05, 0) is 19.1 Å². The minimum atomic E-state index is -3.67. The number of amides is 1. The van der Waals surface area contributed by atoms with Crippen LogP contribution < -0.4 is 5.32 Å². The highest BCUT2D eigenvalue weighted by atomic mass is 35.7. The van der Waals surface area contributed by atoms with Crippen LogP contribution in [0.2, 0.25) is 0 Å². The van der Waals surface area contributed by atoms with Crippen LogP contribution in [0.15, 0.2) is 16.3 Å². The van der Waals surface area contributed by atoms with Crippen LogP contribution in [-0.2, 0) is 13.8 Å². The molecule has 0 unspecified atom stereocenters. The minimum absolute atomic E-state index is 0.0939. The number of halogens is 1. The molecule has 0 fully saturated rings. The van der Waals surface area contributed by atoms with Crippen molar-refractivity contribution in [3.05, 3.63) is 17.0 Å². The van der Waals surface area contributed by atoms with Gasteiger partial charge in [0, 0.05) is 22.5 Å². The summed E-state index contributed by atoms with van der Waals surface area (Å²) in [5, 5.41) is 2.66. The molecule has 0 bridgehead atoms. The van der Waals surface area contributed by atoms with Crippen molar-refractivity contribution in [3.8, 4) is 0 Å². The second kappa shape index (κ2) is 4.51. The predicted molar refractivity (Wildman–Crippen MR) is 59.6 cm³/mol. The van der Waals surface area contributed by atoms with Crippen molar-refractivity contribution in [2.75, 3.05) is 0 Å². The largest absolute Gasteiger partial charge is 0.349 e. The number of rotatable bonds is 3. The van der Waals surface area contributed by atoms with E-state index in [1.165, 1.54) is 13.0 Å². The molecule has 1 aromatic heterocycles. The van der Waals surface area contributed by atoms with Crippen molar-refractivity contribution in [2.45, 2.75) is 24.1 Å². The highest BCUT2D eigenvalue weighted by Crippen LogP contribution is 2.28. The lowest BCUT2D eigenvalue weighted by Crippen LogP contribution is -2.22. The summed E-state index contributed by atoms with van der Waals surface area (Å²) < 4.78 is 22.1. The van der Waals surface area contributed by atoms with Crippen molar-refractivity contribution in [3.63, 3.8) is 0 Å². The maximum atomic E-state index is 11.0. The third-order valence-electron chi connectivity index (χ3n) is 1.69. The van der Waals surface area contributed by atoms with Gasteiger partial charge >= 0.3 is 0 Å². The molecule has 1 amide bonds. The molecular formula is C8H10ClNO3S2. The summed E-state index contributed by atoms with van der Waals surface area (Å²) >= 11 is 1.06. The molecule has 0 saturated heterocycles. The predicted octanol–water partition coefficient (Wildman–Crippen LogP) is 1.87. The highest BCUT2D eigenvalue weighted by molar-refractivity contribution is 8.15. The topological polar surface area (TPSA) is 63.2 Å². The van der Waals surface area contributed by atoms with Gasteiger partial charge in [-0.3, -0.25) is 4.79 Å².